The highest BCUT2D eigenvalue weighted by Gasteiger charge is 2.57. The predicted octanol–water partition coefficient (Wildman–Crippen LogP) is 0.458. The van der Waals surface area contributed by atoms with Crippen LogP contribution >= 0.6 is 11.8 Å². The van der Waals surface area contributed by atoms with E-state index < -0.39 is 23.9 Å². The van der Waals surface area contributed by atoms with Gasteiger partial charge in [0, 0.05) is 11.7 Å². The number of allylic oxidation sites excluding steroid dienone is 1. The Labute approximate surface area is 139 Å². The van der Waals surface area contributed by atoms with E-state index in [9.17, 15) is 14.4 Å². The van der Waals surface area contributed by atoms with Crippen LogP contribution in [0, 0.1) is 5.92 Å². The highest BCUT2D eigenvalue weighted by atomic mass is 32.2. The number of fused-ring (bicyclic) bond motifs is 1. The highest BCUT2D eigenvalue weighted by molar-refractivity contribution is 8.00. The third-order valence-electron chi connectivity index (χ3n) is 4.01. The predicted molar refractivity (Wildman–Crippen MR) is 85.9 cm³/mol. The molecule has 128 valence electrons. The Kier molecular flexibility index (Phi) is 5.69. The molecule has 2 rings (SSSR count). The number of carbonyl (C=O) groups excluding carboxylic acids is 2. The third kappa shape index (κ3) is 3.69. The number of carbonyl (C=O) groups is 3. The van der Waals surface area contributed by atoms with Crippen molar-refractivity contribution < 1.29 is 24.2 Å². The molecule has 2 saturated heterocycles. The Hall–Kier alpha value is -1.54. The van der Waals surface area contributed by atoms with Crippen LogP contribution in [0.5, 0.6) is 0 Å². The molecular formula is C15H22N2O5S. The number of esters is 1. The van der Waals surface area contributed by atoms with E-state index in [4.69, 9.17) is 9.84 Å². The standard InChI is InChI=1S/C15H22N2O5S/c1-8(2)4-5-22-15(21)12-9(6-10(18)19)7-23-14-11(16-3)13(20)17(12)14/h4,9,11-12,14,16H,5-7H2,1-3H3,(H,18,19)/t9-,11?,12?,14?/m0/s1. The van der Waals surface area contributed by atoms with Gasteiger partial charge >= 0.3 is 11.9 Å². The zero-order valence-electron chi connectivity index (χ0n) is 13.4. The molecule has 0 aromatic rings. The summed E-state index contributed by atoms with van der Waals surface area (Å²) in [5, 5.41) is 11.9. The van der Waals surface area contributed by atoms with E-state index in [1.807, 2.05) is 13.8 Å². The van der Waals surface area contributed by atoms with Crippen molar-refractivity contribution in [3.8, 4) is 0 Å². The Balaban J connectivity index is 2.13. The summed E-state index contributed by atoms with van der Waals surface area (Å²) in [6, 6.07) is -1.14. The van der Waals surface area contributed by atoms with Gasteiger partial charge in [-0.1, -0.05) is 5.57 Å². The first kappa shape index (κ1) is 17.8. The summed E-state index contributed by atoms with van der Waals surface area (Å²) >= 11 is 1.51. The van der Waals surface area contributed by atoms with E-state index in [-0.39, 0.29) is 30.4 Å². The summed E-state index contributed by atoms with van der Waals surface area (Å²) in [5.41, 5.74) is 1.02. The van der Waals surface area contributed by atoms with Gasteiger partial charge in [0.2, 0.25) is 5.91 Å². The van der Waals surface area contributed by atoms with Crippen molar-refractivity contribution >= 4 is 29.6 Å². The average molecular weight is 342 g/mol. The molecule has 4 atom stereocenters. The molecule has 0 spiro atoms. The van der Waals surface area contributed by atoms with Crippen molar-refractivity contribution in [3.05, 3.63) is 11.6 Å². The number of thioether (sulfide) groups is 1. The van der Waals surface area contributed by atoms with Gasteiger partial charge in [0.05, 0.1) is 6.42 Å². The van der Waals surface area contributed by atoms with Crippen LogP contribution in [0.15, 0.2) is 11.6 Å². The van der Waals surface area contributed by atoms with Crippen LogP contribution in [0.1, 0.15) is 20.3 Å². The monoisotopic (exact) mass is 342 g/mol. The van der Waals surface area contributed by atoms with Gasteiger partial charge in [0.25, 0.3) is 0 Å². The average Bonchev–Trinajstić information content (AvgIpc) is 2.46. The van der Waals surface area contributed by atoms with Gasteiger partial charge in [-0.05, 0) is 27.0 Å². The first-order valence-electron chi connectivity index (χ1n) is 7.49. The van der Waals surface area contributed by atoms with Gasteiger partial charge in [-0.25, -0.2) is 4.79 Å². The van der Waals surface area contributed by atoms with Crippen LogP contribution in [0.3, 0.4) is 0 Å². The van der Waals surface area contributed by atoms with Gasteiger partial charge in [-0.2, -0.15) is 0 Å². The SMILES string of the molecule is CNC1C(=O)N2C1SC[C@H](CC(=O)O)C2C(=O)OCC=C(C)C. The van der Waals surface area contributed by atoms with Crippen LogP contribution in [-0.4, -0.2) is 64.7 Å². The number of carboxylic acids is 1. The molecule has 0 aliphatic carbocycles. The lowest BCUT2D eigenvalue weighted by Gasteiger charge is -2.54. The summed E-state index contributed by atoms with van der Waals surface area (Å²) in [7, 11) is 1.70. The van der Waals surface area contributed by atoms with Gasteiger partial charge in [0.15, 0.2) is 0 Å². The zero-order chi connectivity index (χ0) is 17.1. The van der Waals surface area contributed by atoms with Crippen LogP contribution < -0.4 is 5.32 Å². The molecule has 2 aliphatic rings. The molecule has 0 aromatic heterocycles. The molecule has 0 saturated carbocycles. The van der Waals surface area contributed by atoms with Crippen molar-refractivity contribution in [2.24, 2.45) is 5.92 Å². The largest absolute Gasteiger partial charge is 0.481 e. The second-order valence-electron chi connectivity index (χ2n) is 5.95. The number of nitrogens with zero attached hydrogens (tertiary/aromatic N) is 1. The molecule has 0 aromatic carbocycles. The molecule has 3 unspecified atom stereocenters. The minimum Gasteiger partial charge on any atom is -0.481 e. The number of nitrogens with one attached hydrogen (secondary N) is 1. The number of ether oxygens (including phenoxy) is 1. The van der Waals surface area contributed by atoms with Crippen LogP contribution in [0.4, 0.5) is 0 Å². The Morgan fingerprint density at radius 1 is 1.48 bits per heavy atom. The summed E-state index contributed by atoms with van der Waals surface area (Å²) in [4.78, 5) is 37.2. The Bertz CT molecular complexity index is 532. The van der Waals surface area contributed by atoms with E-state index in [1.54, 1.807) is 13.1 Å². The molecule has 0 radical (unpaired) electrons. The smallest absolute Gasteiger partial charge is 0.329 e. The minimum absolute atomic E-state index is 0.132. The molecule has 23 heavy (non-hydrogen) atoms. The number of rotatable bonds is 6. The fourth-order valence-electron chi connectivity index (χ4n) is 2.84. The second-order valence-corrected chi connectivity index (χ2v) is 7.10. The maximum Gasteiger partial charge on any atom is 0.329 e. The summed E-state index contributed by atoms with van der Waals surface area (Å²) in [6.07, 6.45) is 1.61. The van der Waals surface area contributed by atoms with E-state index in [1.165, 1.54) is 16.7 Å². The lowest BCUT2D eigenvalue weighted by atomic mass is 9.91. The fourth-order valence-corrected chi connectivity index (χ4v) is 4.43. The van der Waals surface area contributed by atoms with E-state index in [0.29, 0.717) is 5.75 Å². The zero-order valence-corrected chi connectivity index (χ0v) is 14.3. The molecule has 7 nitrogen and oxygen atoms in total. The number of amides is 1. The lowest BCUT2D eigenvalue weighted by Crippen LogP contribution is -2.75. The number of carboxylic acid groups (broad SMARTS) is 1. The normalized spacial score (nSPS) is 29.3. The number of β-lactam (4-membered cyclic amide) rings is 1. The van der Waals surface area contributed by atoms with Gasteiger partial charge < -0.3 is 20.1 Å². The van der Waals surface area contributed by atoms with Crippen molar-refractivity contribution in [1.29, 1.82) is 0 Å². The molecule has 8 heteroatoms. The van der Waals surface area contributed by atoms with Crippen molar-refractivity contribution in [2.75, 3.05) is 19.4 Å². The van der Waals surface area contributed by atoms with Crippen LogP contribution in [0.25, 0.3) is 0 Å². The summed E-state index contributed by atoms with van der Waals surface area (Å²) in [5.74, 6) is -1.60. The number of hydrogen-bond donors (Lipinski definition) is 2. The van der Waals surface area contributed by atoms with Crippen molar-refractivity contribution in [1.82, 2.24) is 10.2 Å². The molecule has 2 heterocycles. The highest BCUT2D eigenvalue weighted by Crippen LogP contribution is 2.41. The summed E-state index contributed by atoms with van der Waals surface area (Å²) < 4.78 is 5.24. The second kappa shape index (κ2) is 7.35. The van der Waals surface area contributed by atoms with Crippen molar-refractivity contribution in [2.45, 2.75) is 37.7 Å². The number of likely N-dealkylation sites (N-methyl/N-ethyl adjacent to an activating group) is 1. The maximum atomic E-state index is 12.4. The first-order chi connectivity index (χ1) is 10.9. The Morgan fingerprint density at radius 3 is 2.74 bits per heavy atom. The van der Waals surface area contributed by atoms with E-state index >= 15 is 0 Å². The number of hydrogen-bond acceptors (Lipinski definition) is 6. The van der Waals surface area contributed by atoms with Crippen LogP contribution in [0.2, 0.25) is 0 Å². The lowest BCUT2D eigenvalue weighted by molar-refractivity contribution is -0.168. The Morgan fingerprint density at radius 2 is 2.17 bits per heavy atom. The molecular weight excluding hydrogens is 320 g/mol. The van der Waals surface area contributed by atoms with E-state index in [0.717, 1.165) is 5.57 Å². The van der Waals surface area contributed by atoms with Crippen LogP contribution in [-0.2, 0) is 19.1 Å². The molecule has 0 bridgehead atoms. The maximum absolute atomic E-state index is 12.4. The van der Waals surface area contributed by atoms with E-state index in [2.05, 4.69) is 5.32 Å². The minimum atomic E-state index is -0.978. The first-order valence-corrected chi connectivity index (χ1v) is 8.54. The molecule has 1 amide bonds. The third-order valence-corrected chi connectivity index (χ3v) is 5.48. The molecule has 2 fully saturated rings. The molecule has 2 N–H and O–H groups in total. The molecule has 2 aliphatic heterocycles. The van der Waals surface area contributed by atoms with Crippen molar-refractivity contribution in [3.63, 3.8) is 0 Å². The van der Waals surface area contributed by atoms with Gasteiger partial charge in [-0.3, -0.25) is 9.59 Å². The van der Waals surface area contributed by atoms with Gasteiger partial charge in [0.1, 0.15) is 24.1 Å². The fraction of sp³-hybridized carbons (Fsp3) is 0.667. The topological polar surface area (TPSA) is 95.9 Å². The van der Waals surface area contributed by atoms with Gasteiger partial charge in [-0.15, -0.1) is 11.8 Å². The number of aliphatic carboxylic acids is 1. The summed E-state index contributed by atoms with van der Waals surface area (Å²) in [6.45, 7) is 3.92. The quantitative estimate of drug-likeness (QED) is 0.411.